The Labute approximate surface area is 107 Å². The van der Waals surface area contributed by atoms with Crippen molar-refractivity contribution < 1.29 is 0 Å². The molecule has 2 N–H and O–H groups in total. The average molecular weight is 246 g/mol. The Morgan fingerprint density at radius 2 is 1.71 bits per heavy atom. The topological polar surface area (TPSA) is 38.9 Å². The first-order valence-corrected chi connectivity index (χ1v) is 6.56. The minimum Gasteiger partial charge on any atom is -0.320 e. The van der Waals surface area contributed by atoms with Crippen molar-refractivity contribution in [1.82, 2.24) is 4.98 Å². The number of thiazole rings is 1. The molecule has 1 atom stereocenters. The van der Waals surface area contributed by atoms with E-state index in [9.17, 15) is 0 Å². The molecule has 3 heteroatoms. The molecule has 90 valence electrons. The molecule has 1 aromatic heterocycles. The largest absolute Gasteiger partial charge is 0.320 e. The monoisotopic (exact) mass is 246 g/mol. The van der Waals surface area contributed by atoms with Crippen LogP contribution in [0.5, 0.6) is 0 Å². The molecule has 0 bridgehead atoms. The van der Waals surface area contributed by atoms with Gasteiger partial charge in [0.2, 0.25) is 0 Å². The second-order valence-corrected chi connectivity index (χ2v) is 5.82. The molecule has 2 aromatic rings. The van der Waals surface area contributed by atoms with Crippen LogP contribution >= 0.6 is 11.3 Å². The van der Waals surface area contributed by atoms with Gasteiger partial charge in [-0.15, -0.1) is 11.3 Å². The summed E-state index contributed by atoms with van der Waals surface area (Å²) in [6.45, 7) is 8.39. The first kappa shape index (κ1) is 12.3. The molecule has 0 aliphatic carbocycles. The van der Waals surface area contributed by atoms with E-state index in [1.807, 2.05) is 13.1 Å². The number of hydrogen-bond donors (Lipinski definition) is 1. The predicted molar refractivity (Wildman–Crippen MR) is 73.5 cm³/mol. The van der Waals surface area contributed by atoms with Crippen LogP contribution in [-0.4, -0.2) is 4.98 Å². The third-order valence-electron chi connectivity index (χ3n) is 3.16. The van der Waals surface area contributed by atoms with Crippen LogP contribution in [-0.2, 0) is 0 Å². The van der Waals surface area contributed by atoms with Gasteiger partial charge in [0.05, 0.1) is 11.0 Å². The molecule has 1 unspecified atom stereocenters. The lowest BCUT2D eigenvalue weighted by molar-refractivity contribution is 0.875. The van der Waals surface area contributed by atoms with Gasteiger partial charge in [0.15, 0.2) is 0 Å². The van der Waals surface area contributed by atoms with Crippen LogP contribution in [0.4, 0.5) is 0 Å². The number of benzene rings is 1. The maximum atomic E-state index is 6.32. The number of nitrogens with two attached hydrogens (primary N) is 1. The molecule has 1 heterocycles. The number of aryl methyl sites for hydroxylation is 4. The fourth-order valence-electron chi connectivity index (χ4n) is 1.99. The highest BCUT2D eigenvalue weighted by molar-refractivity contribution is 7.11. The molecule has 0 amide bonds. The standard InChI is InChI=1S/C14H18N2S/c1-8-5-10(3)12(6-9(8)2)14(15)13-7-16-11(4)17-13/h5-7,14H,15H2,1-4H3. The zero-order chi connectivity index (χ0) is 12.6. The molecule has 17 heavy (non-hydrogen) atoms. The Kier molecular flexibility index (Phi) is 3.31. The van der Waals surface area contributed by atoms with E-state index in [2.05, 4.69) is 37.9 Å². The summed E-state index contributed by atoms with van der Waals surface area (Å²) in [6, 6.07) is 4.35. The van der Waals surface area contributed by atoms with Gasteiger partial charge < -0.3 is 5.73 Å². The van der Waals surface area contributed by atoms with E-state index in [0.29, 0.717) is 0 Å². The molecule has 0 saturated heterocycles. The van der Waals surface area contributed by atoms with Crippen molar-refractivity contribution in [3.05, 3.63) is 50.5 Å². The smallest absolute Gasteiger partial charge is 0.0897 e. The molecule has 0 aliphatic rings. The Hall–Kier alpha value is -1.19. The van der Waals surface area contributed by atoms with Gasteiger partial charge in [-0.1, -0.05) is 12.1 Å². The molecular formula is C14H18N2S. The molecule has 0 saturated carbocycles. The van der Waals surface area contributed by atoms with Gasteiger partial charge in [0.1, 0.15) is 0 Å². The van der Waals surface area contributed by atoms with E-state index >= 15 is 0 Å². The van der Waals surface area contributed by atoms with Crippen molar-refractivity contribution in [2.75, 3.05) is 0 Å². The van der Waals surface area contributed by atoms with Crippen LogP contribution in [0.25, 0.3) is 0 Å². The van der Waals surface area contributed by atoms with E-state index in [1.165, 1.54) is 22.3 Å². The van der Waals surface area contributed by atoms with E-state index in [4.69, 9.17) is 5.73 Å². The van der Waals surface area contributed by atoms with E-state index in [-0.39, 0.29) is 6.04 Å². The third-order valence-corrected chi connectivity index (χ3v) is 4.16. The van der Waals surface area contributed by atoms with Crippen molar-refractivity contribution >= 4 is 11.3 Å². The molecule has 0 spiro atoms. The fourth-order valence-corrected chi connectivity index (χ4v) is 2.80. The second kappa shape index (κ2) is 4.59. The predicted octanol–water partition coefficient (Wildman–Crippen LogP) is 3.42. The van der Waals surface area contributed by atoms with Crippen LogP contribution in [0.2, 0.25) is 0 Å². The van der Waals surface area contributed by atoms with Gasteiger partial charge in [-0.3, -0.25) is 0 Å². The molecule has 0 aliphatic heterocycles. The lowest BCUT2D eigenvalue weighted by Crippen LogP contribution is -2.12. The summed E-state index contributed by atoms with van der Waals surface area (Å²) >= 11 is 1.67. The van der Waals surface area contributed by atoms with Gasteiger partial charge in [-0.05, 0) is 49.9 Å². The normalized spacial score (nSPS) is 12.8. The maximum Gasteiger partial charge on any atom is 0.0897 e. The minimum absolute atomic E-state index is 0.0551. The third kappa shape index (κ3) is 2.40. The average Bonchev–Trinajstić information content (AvgIpc) is 2.69. The zero-order valence-corrected chi connectivity index (χ0v) is 11.6. The van der Waals surface area contributed by atoms with Crippen molar-refractivity contribution in [3.8, 4) is 0 Å². The molecule has 2 rings (SSSR count). The quantitative estimate of drug-likeness (QED) is 0.881. The van der Waals surface area contributed by atoms with Crippen molar-refractivity contribution in [2.45, 2.75) is 33.7 Å². The maximum absolute atomic E-state index is 6.32. The fraction of sp³-hybridized carbons (Fsp3) is 0.357. The molecule has 0 fully saturated rings. The molecule has 2 nitrogen and oxygen atoms in total. The van der Waals surface area contributed by atoms with Crippen molar-refractivity contribution in [2.24, 2.45) is 5.73 Å². The summed E-state index contributed by atoms with van der Waals surface area (Å²) in [5, 5.41) is 1.07. The highest BCUT2D eigenvalue weighted by Crippen LogP contribution is 2.28. The Bertz CT molecular complexity index is 543. The number of hydrogen-bond acceptors (Lipinski definition) is 3. The van der Waals surface area contributed by atoms with Gasteiger partial charge in [-0.25, -0.2) is 4.98 Å². The number of nitrogens with zero attached hydrogens (tertiary/aromatic N) is 1. The summed E-state index contributed by atoms with van der Waals surface area (Å²) in [6.07, 6.45) is 1.89. The van der Waals surface area contributed by atoms with Gasteiger partial charge >= 0.3 is 0 Å². The lowest BCUT2D eigenvalue weighted by atomic mass is 9.96. The summed E-state index contributed by atoms with van der Waals surface area (Å²) < 4.78 is 0. The van der Waals surface area contributed by atoms with Gasteiger partial charge in [0, 0.05) is 11.1 Å². The van der Waals surface area contributed by atoms with E-state index < -0.39 is 0 Å². The number of aromatic nitrogens is 1. The summed E-state index contributed by atoms with van der Waals surface area (Å²) in [4.78, 5) is 5.40. The van der Waals surface area contributed by atoms with Crippen LogP contribution < -0.4 is 5.73 Å². The van der Waals surface area contributed by atoms with E-state index in [1.54, 1.807) is 11.3 Å². The van der Waals surface area contributed by atoms with Crippen LogP contribution in [0, 0.1) is 27.7 Å². The highest BCUT2D eigenvalue weighted by Gasteiger charge is 2.14. The van der Waals surface area contributed by atoms with E-state index in [0.717, 1.165) is 9.88 Å². The van der Waals surface area contributed by atoms with Crippen LogP contribution in [0.15, 0.2) is 18.3 Å². The Morgan fingerprint density at radius 3 is 2.29 bits per heavy atom. The molecule has 1 aromatic carbocycles. The molecular weight excluding hydrogens is 228 g/mol. The molecule has 0 radical (unpaired) electrons. The minimum atomic E-state index is -0.0551. The first-order valence-electron chi connectivity index (χ1n) is 5.74. The second-order valence-electron chi connectivity index (χ2n) is 4.55. The summed E-state index contributed by atoms with van der Waals surface area (Å²) in [5.41, 5.74) is 11.4. The SMILES string of the molecule is Cc1ncc(C(N)c2cc(C)c(C)cc2C)s1. The van der Waals surface area contributed by atoms with Gasteiger partial charge in [-0.2, -0.15) is 0 Å². The van der Waals surface area contributed by atoms with Gasteiger partial charge in [0.25, 0.3) is 0 Å². The van der Waals surface area contributed by atoms with Crippen molar-refractivity contribution in [3.63, 3.8) is 0 Å². The van der Waals surface area contributed by atoms with Crippen LogP contribution in [0.3, 0.4) is 0 Å². The van der Waals surface area contributed by atoms with Crippen LogP contribution in [0.1, 0.15) is 38.2 Å². The Morgan fingerprint density at radius 1 is 1.06 bits per heavy atom. The lowest BCUT2D eigenvalue weighted by Gasteiger charge is -2.15. The zero-order valence-electron chi connectivity index (χ0n) is 10.7. The number of rotatable bonds is 2. The summed E-state index contributed by atoms with van der Waals surface area (Å²) in [7, 11) is 0. The summed E-state index contributed by atoms with van der Waals surface area (Å²) in [5.74, 6) is 0. The first-order chi connectivity index (χ1) is 7.99. The highest BCUT2D eigenvalue weighted by atomic mass is 32.1. The van der Waals surface area contributed by atoms with Crippen molar-refractivity contribution in [1.29, 1.82) is 0 Å². The Balaban J connectivity index is 2.43.